The van der Waals surface area contributed by atoms with Crippen LogP contribution in [-0.4, -0.2) is 39.0 Å². The van der Waals surface area contributed by atoms with E-state index in [0.717, 1.165) is 13.0 Å². The van der Waals surface area contributed by atoms with E-state index in [4.69, 9.17) is 20.9 Å². The molecule has 0 aliphatic rings. The Morgan fingerprint density at radius 1 is 1.17 bits per heavy atom. The van der Waals surface area contributed by atoms with Gasteiger partial charge < -0.3 is 20.9 Å². The van der Waals surface area contributed by atoms with Crippen LogP contribution < -0.4 is 11.5 Å². The Hall–Kier alpha value is -0.160. The summed E-state index contributed by atoms with van der Waals surface area (Å²) >= 11 is 0. The first-order valence-electron chi connectivity index (χ1n) is 4.38. The first-order valence-corrected chi connectivity index (χ1v) is 4.38. The molecule has 0 saturated carbocycles. The van der Waals surface area contributed by atoms with Gasteiger partial charge in [-0.3, -0.25) is 0 Å². The van der Waals surface area contributed by atoms with Crippen molar-refractivity contribution in [2.45, 2.75) is 19.4 Å². The van der Waals surface area contributed by atoms with Crippen LogP contribution in [0.15, 0.2) is 0 Å². The summed E-state index contributed by atoms with van der Waals surface area (Å²) in [4.78, 5) is 0. The van der Waals surface area contributed by atoms with Crippen LogP contribution in [0.3, 0.4) is 0 Å². The monoisotopic (exact) mass is 176 g/mol. The molecule has 0 aliphatic heterocycles. The molecule has 0 spiro atoms. The molecule has 12 heavy (non-hydrogen) atoms. The molecule has 0 saturated heterocycles. The first-order chi connectivity index (χ1) is 5.77. The summed E-state index contributed by atoms with van der Waals surface area (Å²) in [7, 11) is 0. The summed E-state index contributed by atoms with van der Waals surface area (Å²) in [5.74, 6) is 0. The zero-order chi connectivity index (χ0) is 9.23. The van der Waals surface area contributed by atoms with Gasteiger partial charge in [0.1, 0.15) is 0 Å². The Morgan fingerprint density at radius 2 is 1.83 bits per heavy atom. The van der Waals surface area contributed by atoms with Crippen LogP contribution in [0.25, 0.3) is 0 Å². The van der Waals surface area contributed by atoms with Crippen molar-refractivity contribution in [3.8, 4) is 0 Å². The van der Waals surface area contributed by atoms with Crippen LogP contribution in [0.1, 0.15) is 13.3 Å². The quantitative estimate of drug-likeness (QED) is 0.499. The van der Waals surface area contributed by atoms with Gasteiger partial charge in [0.05, 0.1) is 19.8 Å². The first kappa shape index (κ1) is 11.8. The lowest BCUT2D eigenvalue weighted by molar-refractivity contribution is 0.0438. The molecular formula is C8H20N2O2. The van der Waals surface area contributed by atoms with Crippen molar-refractivity contribution in [1.82, 2.24) is 0 Å². The smallest absolute Gasteiger partial charge is 0.0701 e. The number of hydrogen-bond acceptors (Lipinski definition) is 4. The lowest BCUT2D eigenvalue weighted by Gasteiger charge is -2.06. The molecule has 0 aliphatic carbocycles. The molecule has 4 nitrogen and oxygen atoms in total. The summed E-state index contributed by atoms with van der Waals surface area (Å²) in [5.41, 5.74) is 10.8. The van der Waals surface area contributed by atoms with E-state index in [0.29, 0.717) is 26.4 Å². The van der Waals surface area contributed by atoms with Crippen LogP contribution in [0.4, 0.5) is 0 Å². The van der Waals surface area contributed by atoms with Gasteiger partial charge in [-0.05, 0) is 19.9 Å². The van der Waals surface area contributed by atoms with Gasteiger partial charge in [-0.1, -0.05) is 0 Å². The van der Waals surface area contributed by atoms with E-state index in [9.17, 15) is 0 Å². The van der Waals surface area contributed by atoms with E-state index in [1.807, 2.05) is 6.92 Å². The third-order valence-corrected chi connectivity index (χ3v) is 1.25. The molecule has 0 rings (SSSR count). The molecule has 4 N–H and O–H groups in total. The predicted octanol–water partition coefficient (Wildman–Crippen LogP) is -0.284. The maximum absolute atomic E-state index is 5.47. The van der Waals surface area contributed by atoms with Crippen LogP contribution >= 0.6 is 0 Å². The van der Waals surface area contributed by atoms with Crippen molar-refractivity contribution in [1.29, 1.82) is 0 Å². The highest BCUT2D eigenvalue weighted by molar-refractivity contribution is 4.48. The standard InChI is InChI=1S/C8H20N2O2/c1-8(10)7-12-6-5-11-4-2-3-9/h8H,2-7,9-10H2,1H3. The number of hydrogen-bond donors (Lipinski definition) is 2. The van der Waals surface area contributed by atoms with Crippen molar-refractivity contribution in [2.24, 2.45) is 11.5 Å². The third kappa shape index (κ3) is 9.84. The molecule has 0 bridgehead atoms. The molecule has 1 atom stereocenters. The van der Waals surface area contributed by atoms with E-state index < -0.39 is 0 Å². The topological polar surface area (TPSA) is 70.5 Å². The summed E-state index contributed by atoms with van der Waals surface area (Å²) < 4.78 is 10.4. The van der Waals surface area contributed by atoms with Crippen molar-refractivity contribution in [3.63, 3.8) is 0 Å². The molecule has 1 unspecified atom stereocenters. The van der Waals surface area contributed by atoms with Gasteiger partial charge in [-0.15, -0.1) is 0 Å². The normalized spacial score (nSPS) is 13.2. The summed E-state index contributed by atoms with van der Waals surface area (Å²) in [6.07, 6.45) is 0.910. The van der Waals surface area contributed by atoms with Crippen LogP contribution in [0.2, 0.25) is 0 Å². The highest BCUT2D eigenvalue weighted by atomic mass is 16.5. The van der Waals surface area contributed by atoms with Gasteiger partial charge in [0, 0.05) is 12.6 Å². The Bertz CT molecular complexity index is 89.1. The van der Waals surface area contributed by atoms with Gasteiger partial charge in [0.15, 0.2) is 0 Å². The minimum atomic E-state index is 0.106. The average molecular weight is 176 g/mol. The zero-order valence-electron chi connectivity index (χ0n) is 7.79. The van der Waals surface area contributed by atoms with Gasteiger partial charge in [0.25, 0.3) is 0 Å². The van der Waals surface area contributed by atoms with E-state index in [1.54, 1.807) is 0 Å². The fraction of sp³-hybridized carbons (Fsp3) is 1.00. The zero-order valence-corrected chi connectivity index (χ0v) is 7.79. The lowest BCUT2D eigenvalue weighted by Crippen LogP contribution is -2.23. The summed E-state index contributed by atoms with van der Waals surface area (Å²) in [5, 5.41) is 0. The van der Waals surface area contributed by atoms with Crippen molar-refractivity contribution in [3.05, 3.63) is 0 Å². The van der Waals surface area contributed by atoms with Crippen molar-refractivity contribution < 1.29 is 9.47 Å². The Kier molecular flexibility index (Phi) is 8.81. The molecule has 0 amide bonds. The Labute approximate surface area is 74.2 Å². The molecule has 0 aromatic rings. The largest absolute Gasteiger partial charge is 0.379 e. The Morgan fingerprint density at radius 3 is 2.42 bits per heavy atom. The molecule has 4 heteroatoms. The lowest BCUT2D eigenvalue weighted by atomic mass is 10.4. The second kappa shape index (κ2) is 8.93. The second-order valence-electron chi connectivity index (χ2n) is 2.81. The minimum absolute atomic E-state index is 0.106. The number of rotatable bonds is 8. The minimum Gasteiger partial charge on any atom is -0.379 e. The molecule has 0 aromatic heterocycles. The van der Waals surface area contributed by atoms with Gasteiger partial charge in [-0.25, -0.2) is 0 Å². The summed E-state index contributed by atoms with van der Waals surface area (Å²) in [6.45, 7) is 5.16. The van der Waals surface area contributed by atoms with E-state index in [2.05, 4.69) is 0 Å². The molecule has 0 heterocycles. The SMILES string of the molecule is CC(N)COCCOCCCN. The predicted molar refractivity (Wildman–Crippen MR) is 49.0 cm³/mol. The van der Waals surface area contributed by atoms with Crippen molar-refractivity contribution in [2.75, 3.05) is 33.0 Å². The van der Waals surface area contributed by atoms with E-state index in [1.165, 1.54) is 0 Å². The van der Waals surface area contributed by atoms with Crippen molar-refractivity contribution >= 4 is 0 Å². The van der Waals surface area contributed by atoms with E-state index in [-0.39, 0.29) is 6.04 Å². The van der Waals surface area contributed by atoms with Gasteiger partial charge in [-0.2, -0.15) is 0 Å². The fourth-order valence-electron chi connectivity index (χ4n) is 0.675. The van der Waals surface area contributed by atoms with Crippen LogP contribution in [0.5, 0.6) is 0 Å². The maximum atomic E-state index is 5.47. The van der Waals surface area contributed by atoms with E-state index >= 15 is 0 Å². The average Bonchev–Trinajstić information content (AvgIpc) is 2.02. The fourth-order valence-corrected chi connectivity index (χ4v) is 0.675. The molecule has 0 radical (unpaired) electrons. The second-order valence-corrected chi connectivity index (χ2v) is 2.81. The highest BCUT2D eigenvalue weighted by Gasteiger charge is 1.93. The third-order valence-electron chi connectivity index (χ3n) is 1.25. The molecule has 0 fully saturated rings. The molecule has 74 valence electrons. The van der Waals surface area contributed by atoms with Crippen LogP contribution in [-0.2, 0) is 9.47 Å². The van der Waals surface area contributed by atoms with Gasteiger partial charge in [0.2, 0.25) is 0 Å². The Balaban J connectivity index is 2.82. The molecular weight excluding hydrogens is 156 g/mol. The molecule has 0 aromatic carbocycles. The number of ether oxygens (including phenoxy) is 2. The highest BCUT2D eigenvalue weighted by Crippen LogP contribution is 1.83. The number of nitrogens with two attached hydrogens (primary N) is 2. The summed E-state index contributed by atoms with van der Waals surface area (Å²) in [6, 6.07) is 0.106. The van der Waals surface area contributed by atoms with Gasteiger partial charge >= 0.3 is 0 Å². The maximum Gasteiger partial charge on any atom is 0.0701 e. The van der Waals surface area contributed by atoms with Crippen LogP contribution in [0, 0.1) is 0 Å².